The molecule has 0 saturated heterocycles. The van der Waals surface area contributed by atoms with Crippen molar-refractivity contribution in [3.63, 3.8) is 0 Å². The molecular weight excluding hydrogens is 924 g/mol. The summed E-state index contributed by atoms with van der Waals surface area (Å²) in [7, 11) is 1.28. The van der Waals surface area contributed by atoms with Crippen molar-refractivity contribution >= 4 is 13.7 Å². The zero-order valence-electron chi connectivity index (χ0n) is 49.6. The fourth-order valence-corrected chi connectivity index (χ4v) is 10.6. The van der Waals surface area contributed by atoms with Crippen LogP contribution in [0, 0.1) is 0 Å². The van der Waals surface area contributed by atoms with Gasteiger partial charge in [0.05, 0.1) is 39.9 Å². The van der Waals surface area contributed by atoms with E-state index in [0.717, 1.165) is 38.5 Å². The van der Waals surface area contributed by atoms with Crippen LogP contribution in [0.5, 0.6) is 0 Å². The second-order valence-corrected chi connectivity index (χ2v) is 24.9. The van der Waals surface area contributed by atoms with E-state index >= 15 is 0 Å². The fraction of sp³-hybridized carbons (Fsp3) is 0.922. The van der Waals surface area contributed by atoms with Crippen LogP contribution < -0.4 is 10.2 Å². The van der Waals surface area contributed by atoms with Crippen LogP contribution in [0.4, 0.5) is 0 Å². The predicted octanol–water partition coefficient (Wildman–Crippen LogP) is 19.3. The third-order valence-electron chi connectivity index (χ3n) is 14.9. The van der Waals surface area contributed by atoms with E-state index in [0.29, 0.717) is 17.4 Å². The van der Waals surface area contributed by atoms with Crippen molar-refractivity contribution in [1.29, 1.82) is 0 Å². The lowest BCUT2D eigenvalue weighted by Gasteiger charge is -2.29. The van der Waals surface area contributed by atoms with Crippen LogP contribution in [0.3, 0.4) is 0 Å². The number of carbonyl (C=O) groups excluding carboxylic acids is 1. The van der Waals surface area contributed by atoms with Crippen LogP contribution in [0.15, 0.2) is 24.3 Å². The Kier molecular flexibility index (Phi) is 54.9. The molecule has 0 bridgehead atoms. The Morgan fingerprint density at radius 3 is 1.07 bits per heavy atom. The molecule has 0 heterocycles. The van der Waals surface area contributed by atoms with Crippen LogP contribution in [-0.4, -0.2) is 68.5 Å². The summed E-state index contributed by atoms with van der Waals surface area (Å²) in [6, 6.07) is -0.884. The molecule has 434 valence electrons. The van der Waals surface area contributed by atoms with E-state index in [9.17, 15) is 19.4 Å². The lowest BCUT2D eigenvalue weighted by Crippen LogP contribution is -2.45. The molecule has 0 aliphatic rings. The first-order valence-electron chi connectivity index (χ1n) is 32.2. The number of phosphoric ester groups is 1. The highest BCUT2D eigenvalue weighted by molar-refractivity contribution is 7.45. The number of unbranched alkanes of at least 4 members (excludes halogenated alkanes) is 45. The van der Waals surface area contributed by atoms with E-state index in [1.165, 1.54) is 270 Å². The third-order valence-corrected chi connectivity index (χ3v) is 15.9. The number of hydrogen-bond acceptors (Lipinski definition) is 6. The smallest absolute Gasteiger partial charge is 0.268 e. The first-order chi connectivity index (χ1) is 35.5. The van der Waals surface area contributed by atoms with Crippen LogP contribution in [-0.2, 0) is 18.4 Å². The number of allylic oxidation sites excluding steroid dienone is 3. The number of aliphatic hydroxyl groups is 1. The third kappa shape index (κ3) is 58.5. The summed E-state index contributed by atoms with van der Waals surface area (Å²) in [5.74, 6) is -0.191. The van der Waals surface area contributed by atoms with E-state index < -0.39 is 20.0 Å². The highest BCUT2D eigenvalue weighted by atomic mass is 31.2. The summed E-state index contributed by atoms with van der Waals surface area (Å²) in [6.45, 7) is 4.70. The predicted molar refractivity (Wildman–Crippen MR) is 316 cm³/mol. The Morgan fingerprint density at radius 2 is 0.753 bits per heavy atom. The number of carbonyl (C=O) groups is 1. The van der Waals surface area contributed by atoms with Crippen LogP contribution >= 0.6 is 7.82 Å². The summed E-state index contributed by atoms with van der Waals surface area (Å²) in [5, 5.41) is 13.9. The van der Waals surface area contributed by atoms with Crippen molar-refractivity contribution in [2.24, 2.45) is 0 Å². The zero-order valence-corrected chi connectivity index (χ0v) is 50.5. The fourth-order valence-electron chi connectivity index (χ4n) is 9.86. The average Bonchev–Trinajstić information content (AvgIpc) is 3.35. The Hall–Kier alpha value is -1.02. The standard InChI is InChI=1S/C64H127N2O6P/c1-6-8-10-12-14-16-18-20-22-24-26-27-28-29-30-31-32-33-34-35-36-37-38-40-42-44-46-48-50-52-54-56-58-64(68)65-62(61-72-73(69,70)71-60-59-66(3,4)5)63(67)57-55-53-51-49-47-45-43-41-39-25-23-21-19-17-15-13-11-9-7-2/h29-30,55,57,62-63,67H,6-28,31-54,56,58-61H2,1-5H3,(H-,65,68,69,70)/b30-29-,57-55+. The molecule has 0 aromatic carbocycles. The molecule has 1 amide bonds. The SMILES string of the molecule is CCCCCCCCCCCCCC/C=C\CCCCCCCCCCCCCCCCCCC(=O)NC(COP(=O)([O-])OCC[N+](C)(C)C)C(O)/C=C/CCCCCCCCCCCCCCCCCCC. The average molecular weight is 1050 g/mol. The molecule has 3 unspecified atom stereocenters. The number of phosphoric acid groups is 1. The van der Waals surface area contributed by atoms with Crippen molar-refractivity contribution in [3.05, 3.63) is 24.3 Å². The molecule has 0 saturated carbocycles. The zero-order chi connectivity index (χ0) is 53.5. The van der Waals surface area contributed by atoms with Gasteiger partial charge in [-0.25, -0.2) is 0 Å². The molecule has 0 aromatic heterocycles. The van der Waals surface area contributed by atoms with Gasteiger partial charge in [-0.3, -0.25) is 9.36 Å². The minimum Gasteiger partial charge on any atom is -0.756 e. The Balaban J connectivity index is 4.04. The van der Waals surface area contributed by atoms with Gasteiger partial charge in [-0.15, -0.1) is 0 Å². The van der Waals surface area contributed by atoms with Gasteiger partial charge in [-0.2, -0.15) is 0 Å². The normalized spacial score (nSPS) is 13.9. The van der Waals surface area contributed by atoms with Crippen molar-refractivity contribution in [1.82, 2.24) is 5.32 Å². The van der Waals surface area contributed by atoms with Gasteiger partial charge in [0.25, 0.3) is 7.82 Å². The van der Waals surface area contributed by atoms with E-state index in [1.54, 1.807) is 6.08 Å². The summed E-state index contributed by atoms with van der Waals surface area (Å²) < 4.78 is 23.4. The van der Waals surface area contributed by atoms with Crippen molar-refractivity contribution in [2.75, 3.05) is 40.9 Å². The van der Waals surface area contributed by atoms with Gasteiger partial charge in [0.2, 0.25) is 5.91 Å². The molecule has 0 aliphatic heterocycles. The summed E-state index contributed by atoms with van der Waals surface area (Å²) in [4.78, 5) is 25.6. The van der Waals surface area contributed by atoms with E-state index in [2.05, 4.69) is 31.3 Å². The summed E-state index contributed by atoms with van der Waals surface area (Å²) in [5.41, 5.74) is 0. The number of likely N-dealkylation sites (N-methyl/N-ethyl adjacent to an activating group) is 1. The van der Waals surface area contributed by atoms with E-state index in [-0.39, 0.29) is 19.1 Å². The largest absolute Gasteiger partial charge is 0.756 e. The number of nitrogens with one attached hydrogen (secondary N) is 1. The number of hydrogen-bond donors (Lipinski definition) is 2. The van der Waals surface area contributed by atoms with Gasteiger partial charge in [-0.1, -0.05) is 301 Å². The number of amides is 1. The highest BCUT2D eigenvalue weighted by Gasteiger charge is 2.23. The second-order valence-electron chi connectivity index (χ2n) is 23.5. The first kappa shape index (κ1) is 72.0. The lowest BCUT2D eigenvalue weighted by atomic mass is 10.0. The monoisotopic (exact) mass is 1050 g/mol. The molecule has 9 heteroatoms. The Bertz CT molecular complexity index is 1240. The molecule has 0 rings (SSSR count). The van der Waals surface area contributed by atoms with Gasteiger partial charge in [0, 0.05) is 6.42 Å². The molecular formula is C64H127N2O6P. The molecule has 2 N–H and O–H groups in total. The minimum absolute atomic E-state index is 0.00149. The van der Waals surface area contributed by atoms with Gasteiger partial charge >= 0.3 is 0 Å². The summed E-state index contributed by atoms with van der Waals surface area (Å²) >= 11 is 0. The molecule has 0 fully saturated rings. The van der Waals surface area contributed by atoms with Gasteiger partial charge < -0.3 is 28.8 Å². The van der Waals surface area contributed by atoms with Gasteiger partial charge in [0.15, 0.2) is 0 Å². The Morgan fingerprint density at radius 1 is 0.466 bits per heavy atom. The minimum atomic E-state index is -4.60. The van der Waals surface area contributed by atoms with Gasteiger partial charge in [-0.05, 0) is 44.9 Å². The molecule has 0 aliphatic carbocycles. The number of quaternary nitrogens is 1. The molecule has 0 aromatic rings. The number of rotatable bonds is 60. The molecule has 73 heavy (non-hydrogen) atoms. The Labute approximate surface area is 455 Å². The number of aliphatic hydroxyl groups excluding tert-OH is 1. The maximum Gasteiger partial charge on any atom is 0.268 e. The molecule has 0 spiro atoms. The van der Waals surface area contributed by atoms with E-state index in [1.807, 2.05) is 27.2 Å². The summed E-state index contributed by atoms with van der Waals surface area (Å²) in [6.07, 6.45) is 71.4. The quantitative estimate of drug-likeness (QED) is 0.0272. The highest BCUT2D eigenvalue weighted by Crippen LogP contribution is 2.38. The lowest BCUT2D eigenvalue weighted by molar-refractivity contribution is -0.870. The van der Waals surface area contributed by atoms with E-state index in [4.69, 9.17) is 9.05 Å². The van der Waals surface area contributed by atoms with Crippen molar-refractivity contribution in [2.45, 2.75) is 341 Å². The second kappa shape index (κ2) is 55.7. The van der Waals surface area contributed by atoms with Crippen LogP contribution in [0.25, 0.3) is 0 Å². The maximum atomic E-state index is 13.0. The maximum absolute atomic E-state index is 13.0. The topological polar surface area (TPSA) is 108 Å². The molecule has 3 atom stereocenters. The van der Waals surface area contributed by atoms with Gasteiger partial charge in [0.1, 0.15) is 13.2 Å². The number of nitrogens with zero attached hydrogens (tertiary/aromatic N) is 1. The van der Waals surface area contributed by atoms with Crippen molar-refractivity contribution in [3.8, 4) is 0 Å². The molecule has 8 nitrogen and oxygen atoms in total. The van der Waals surface area contributed by atoms with Crippen LogP contribution in [0.1, 0.15) is 328 Å². The van der Waals surface area contributed by atoms with Crippen LogP contribution in [0.2, 0.25) is 0 Å². The molecule has 0 radical (unpaired) electrons. The first-order valence-corrected chi connectivity index (χ1v) is 33.7. The van der Waals surface area contributed by atoms with Crippen molar-refractivity contribution < 1.29 is 32.9 Å².